The van der Waals surface area contributed by atoms with E-state index < -0.39 is 0 Å². The quantitative estimate of drug-likeness (QED) is 0.631. The Bertz CT molecular complexity index is 895. The van der Waals surface area contributed by atoms with Gasteiger partial charge in [-0.05, 0) is 30.7 Å². The fraction of sp³-hybridized carbons (Fsp3) is 0.158. The zero-order valence-electron chi connectivity index (χ0n) is 14.7. The molecule has 7 nitrogen and oxygen atoms in total. The standard InChI is InChI=1S/C19H20N6O/c1-13-6-8-15(9-7-13)11-20-18-12-21-25-19(24-18)23-17-5-3-4-16(10-17)22-14(2)26/h3-10,12H,11H2,1-2H3,(H,22,26)(H2,20,23,24,25). The van der Waals surface area contributed by atoms with Crippen molar-refractivity contribution in [2.45, 2.75) is 20.4 Å². The maximum absolute atomic E-state index is 11.2. The first kappa shape index (κ1) is 17.3. The zero-order valence-corrected chi connectivity index (χ0v) is 14.7. The number of aryl methyl sites for hydroxylation is 1. The number of hydrogen-bond acceptors (Lipinski definition) is 6. The van der Waals surface area contributed by atoms with Crippen LogP contribution in [0.25, 0.3) is 0 Å². The molecule has 26 heavy (non-hydrogen) atoms. The zero-order chi connectivity index (χ0) is 18.4. The lowest BCUT2D eigenvalue weighted by atomic mass is 10.1. The molecule has 0 fully saturated rings. The van der Waals surface area contributed by atoms with Crippen molar-refractivity contribution in [3.63, 3.8) is 0 Å². The van der Waals surface area contributed by atoms with E-state index in [1.54, 1.807) is 12.3 Å². The topological polar surface area (TPSA) is 91.8 Å². The minimum absolute atomic E-state index is 0.123. The van der Waals surface area contributed by atoms with Crippen molar-refractivity contribution in [1.29, 1.82) is 0 Å². The molecule has 0 aliphatic carbocycles. The number of anilines is 4. The molecule has 3 rings (SSSR count). The van der Waals surface area contributed by atoms with Gasteiger partial charge in [0.15, 0.2) is 5.82 Å². The summed E-state index contributed by atoms with van der Waals surface area (Å²) < 4.78 is 0. The van der Waals surface area contributed by atoms with E-state index in [1.807, 2.05) is 18.2 Å². The molecule has 0 saturated carbocycles. The number of nitrogens with zero attached hydrogens (tertiary/aromatic N) is 3. The molecule has 0 atom stereocenters. The summed E-state index contributed by atoms with van der Waals surface area (Å²) in [5.41, 5.74) is 3.84. The Morgan fingerprint density at radius 2 is 1.85 bits per heavy atom. The maximum atomic E-state index is 11.2. The van der Waals surface area contributed by atoms with Crippen LogP contribution in [0.15, 0.2) is 54.7 Å². The van der Waals surface area contributed by atoms with Crippen molar-refractivity contribution >= 4 is 29.0 Å². The Balaban J connectivity index is 1.65. The molecule has 7 heteroatoms. The Labute approximate surface area is 151 Å². The monoisotopic (exact) mass is 348 g/mol. The van der Waals surface area contributed by atoms with E-state index in [0.717, 1.165) is 11.3 Å². The summed E-state index contributed by atoms with van der Waals surface area (Å²) in [7, 11) is 0. The van der Waals surface area contributed by atoms with Gasteiger partial charge in [0.2, 0.25) is 11.9 Å². The van der Waals surface area contributed by atoms with Crippen LogP contribution in [-0.4, -0.2) is 21.1 Å². The summed E-state index contributed by atoms with van der Waals surface area (Å²) in [6.07, 6.45) is 1.58. The number of benzene rings is 2. The van der Waals surface area contributed by atoms with Gasteiger partial charge in [-0.2, -0.15) is 10.1 Å². The van der Waals surface area contributed by atoms with Gasteiger partial charge in [-0.3, -0.25) is 4.79 Å². The molecule has 132 valence electrons. The molecule has 1 amide bonds. The van der Waals surface area contributed by atoms with Gasteiger partial charge < -0.3 is 16.0 Å². The molecular formula is C19H20N6O. The number of carbonyl (C=O) groups excluding carboxylic acids is 1. The Kier molecular flexibility index (Phi) is 5.38. The third kappa shape index (κ3) is 5.01. The largest absolute Gasteiger partial charge is 0.365 e. The van der Waals surface area contributed by atoms with Crippen LogP contribution in [0.3, 0.4) is 0 Å². The highest BCUT2D eigenvalue weighted by Crippen LogP contribution is 2.18. The van der Waals surface area contributed by atoms with Crippen LogP contribution in [0.4, 0.5) is 23.1 Å². The molecular weight excluding hydrogens is 328 g/mol. The van der Waals surface area contributed by atoms with Crippen LogP contribution in [0.1, 0.15) is 18.1 Å². The summed E-state index contributed by atoms with van der Waals surface area (Å²) in [6, 6.07) is 15.6. The third-order valence-corrected chi connectivity index (χ3v) is 3.59. The Hall–Kier alpha value is -3.48. The summed E-state index contributed by atoms with van der Waals surface area (Å²) in [4.78, 5) is 15.6. The maximum Gasteiger partial charge on any atom is 0.249 e. The second-order valence-corrected chi connectivity index (χ2v) is 5.89. The Morgan fingerprint density at radius 3 is 2.62 bits per heavy atom. The first-order valence-corrected chi connectivity index (χ1v) is 8.22. The number of nitrogens with one attached hydrogen (secondary N) is 3. The molecule has 3 N–H and O–H groups in total. The number of rotatable bonds is 6. The van der Waals surface area contributed by atoms with Crippen LogP contribution in [0.2, 0.25) is 0 Å². The van der Waals surface area contributed by atoms with Crippen LogP contribution in [0.5, 0.6) is 0 Å². The van der Waals surface area contributed by atoms with Crippen LogP contribution in [-0.2, 0) is 11.3 Å². The summed E-state index contributed by atoms with van der Waals surface area (Å²) in [6.45, 7) is 4.18. The van der Waals surface area contributed by atoms with E-state index in [4.69, 9.17) is 0 Å². The van der Waals surface area contributed by atoms with Crippen molar-refractivity contribution in [2.75, 3.05) is 16.0 Å². The summed E-state index contributed by atoms with van der Waals surface area (Å²) in [5.74, 6) is 0.877. The molecule has 0 saturated heterocycles. The van der Waals surface area contributed by atoms with Gasteiger partial charge in [0, 0.05) is 24.8 Å². The van der Waals surface area contributed by atoms with Crippen molar-refractivity contribution in [3.8, 4) is 0 Å². The Morgan fingerprint density at radius 1 is 1.08 bits per heavy atom. The molecule has 1 aromatic heterocycles. The number of aromatic nitrogens is 3. The fourth-order valence-corrected chi connectivity index (χ4v) is 2.35. The lowest BCUT2D eigenvalue weighted by Crippen LogP contribution is -2.07. The molecule has 0 radical (unpaired) electrons. The average molecular weight is 348 g/mol. The predicted molar refractivity (Wildman–Crippen MR) is 102 cm³/mol. The summed E-state index contributed by atoms with van der Waals surface area (Å²) in [5, 5.41) is 17.0. The lowest BCUT2D eigenvalue weighted by molar-refractivity contribution is -0.114. The first-order valence-electron chi connectivity index (χ1n) is 8.22. The van der Waals surface area contributed by atoms with Gasteiger partial charge in [-0.25, -0.2) is 0 Å². The van der Waals surface area contributed by atoms with E-state index in [0.29, 0.717) is 24.0 Å². The van der Waals surface area contributed by atoms with Gasteiger partial charge in [0.1, 0.15) is 0 Å². The molecule has 1 heterocycles. The van der Waals surface area contributed by atoms with Gasteiger partial charge >= 0.3 is 0 Å². The molecule has 3 aromatic rings. The van der Waals surface area contributed by atoms with E-state index in [2.05, 4.69) is 62.3 Å². The van der Waals surface area contributed by atoms with Gasteiger partial charge in [0.05, 0.1) is 6.20 Å². The predicted octanol–water partition coefficient (Wildman–Crippen LogP) is 3.49. The van der Waals surface area contributed by atoms with Gasteiger partial charge in [0.25, 0.3) is 0 Å². The SMILES string of the molecule is CC(=O)Nc1cccc(Nc2nncc(NCc3ccc(C)cc3)n2)c1. The van der Waals surface area contributed by atoms with Gasteiger partial charge in [-0.1, -0.05) is 35.9 Å². The van der Waals surface area contributed by atoms with Crippen molar-refractivity contribution in [1.82, 2.24) is 15.2 Å². The second-order valence-electron chi connectivity index (χ2n) is 5.89. The molecule has 0 bridgehead atoms. The smallest absolute Gasteiger partial charge is 0.249 e. The molecule has 0 aliphatic rings. The summed E-state index contributed by atoms with van der Waals surface area (Å²) >= 11 is 0. The third-order valence-electron chi connectivity index (χ3n) is 3.59. The minimum Gasteiger partial charge on any atom is -0.365 e. The first-order chi connectivity index (χ1) is 12.6. The van der Waals surface area contributed by atoms with E-state index >= 15 is 0 Å². The number of hydrogen-bond donors (Lipinski definition) is 3. The second kappa shape index (κ2) is 8.06. The highest BCUT2D eigenvalue weighted by atomic mass is 16.1. The normalized spacial score (nSPS) is 10.2. The minimum atomic E-state index is -0.123. The van der Waals surface area contributed by atoms with Crippen LogP contribution < -0.4 is 16.0 Å². The van der Waals surface area contributed by atoms with E-state index in [1.165, 1.54) is 12.5 Å². The highest BCUT2D eigenvalue weighted by molar-refractivity contribution is 5.89. The number of carbonyl (C=O) groups is 1. The van der Waals surface area contributed by atoms with Crippen molar-refractivity contribution in [3.05, 3.63) is 65.9 Å². The van der Waals surface area contributed by atoms with E-state index in [9.17, 15) is 4.79 Å². The van der Waals surface area contributed by atoms with Crippen LogP contribution >= 0.6 is 0 Å². The average Bonchev–Trinajstić information content (AvgIpc) is 2.61. The van der Waals surface area contributed by atoms with Crippen LogP contribution in [0, 0.1) is 6.92 Å². The number of amides is 1. The van der Waals surface area contributed by atoms with Gasteiger partial charge in [-0.15, -0.1) is 5.10 Å². The molecule has 2 aromatic carbocycles. The molecule has 0 spiro atoms. The van der Waals surface area contributed by atoms with Crippen molar-refractivity contribution in [2.24, 2.45) is 0 Å². The molecule has 0 unspecified atom stereocenters. The highest BCUT2D eigenvalue weighted by Gasteiger charge is 2.03. The van der Waals surface area contributed by atoms with Crippen molar-refractivity contribution < 1.29 is 4.79 Å². The van der Waals surface area contributed by atoms with E-state index in [-0.39, 0.29) is 5.91 Å². The lowest BCUT2D eigenvalue weighted by Gasteiger charge is -2.09. The fourth-order valence-electron chi connectivity index (χ4n) is 2.35. The molecule has 0 aliphatic heterocycles.